The minimum absolute atomic E-state index is 0.00789. The molecule has 0 radical (unpaired) electrons. The summed E-state index contributed by atoms with van der Waals surface area (Å²) < 4.78 is 140. The molecule has 2 aromatic carbocycles. The maximum Gasteiger partial charge on any atom is 0.328 e. The van der Waals surface area contributed by atoms with Gasteiger partial charge in [-0.05, 0) is 62.4 Å². The van der Waals surface area contributed by atoms with Crippen LogP contribution in [0.15, 0.2) is 162 Å². The fourth-order valence-electron chi connectivity index (χ4n) is 11.7. The van der Waals surface area contributed by atoms with Crippen molar-refractivity contribution >= 4 is 157 Å². The molecule has 4 atom stereocenters. The number of aromatic nitrogens is 16. The summed E-state index contributed by atoms with van der Waals surface area (Å²) in [6.45, 7) is 5.59. The van der Waals surface area contributed by atoms with Gasteiger partial charge in [-0.25, -0.2) is 107 Å². The summed E-state index contributed by atoms with van der Waals surface area (Å²) in [6.07, 6.45) is 16.7. The molecule has 119 heavy (non-hydrogen) atoms. The lowest BCUT2D eigenvalue weighted by Gasteiger charge is -2.16. The molecule has 2 fully saturated rings. The monoisotopic (exact) mass is 1760 g/mol. The number of benzene rings is 2. The number of halogens is 8. The Labute approximate surface area is 694 Å². The number of nitrogens with zero attached hydrogens (tertiary/aromatic N) is 14. The highest BCUT2D eigenvalue weighted by atomic mass is 35.5. The zero-order valence-corrected chi connectivity index (χ0v) is 67.5. The van der Waals surface area contributed by atoms with E-state index in [0.29, 0.717) is 80.3 Å². The molecule has 2 amide bonds. The first-order valence-electron chi connectivity index (χ1n) is 35.2. The lowest BCUT2D eigenvalue weighted by molar-refractivity contribution is -0.139. The molecule has 0 saturated carbocycles. The molecule has 10 N–H and O–H groups in total. The molecule has 12 aromatic heterocycles. The maximum atomic E-state index is 14.6. The van der Waals surface area contributed by atoms with E-state index in [4.69, 9.17) is 66.3 Å². The highest BCUT2D eigenvalue weighted by Crippen LogP contribution is 2.37. The minimum Gasteiger partial charge on any atom is -0.480 e. The predicted octanol–water partition coefficient (Wildman–Crippen LogP) is 9.72. The number of aromatic amines is 2. The third-order valence-electron chi connectivity index (χ3n) is 17.6. The van der Waals surface area contributed by atoms with Gasteiger partial charge in [0, 0.05) is 119 Å². The van der Waals surface area contributed by atoms with Gasteiger partial charge in [-0.1, -0.05) is 81.8 Å². The number of nitrogens with one attached hydrogen (secondary N) is 7. The standard InChI is InChI=1S/C23H20ClFN6O4S.C19H14ClFN4O3S2.C16H16ClFN6O3.C16H14ClFN6O2/c1-13-2-4-15(5-3-13)36(33,34)31-11-17(16-8-14(24)9-28-22(16)31)20-27-10-18(25)21(30-20)29-19-12-35-7-6-26-23(19)32;1-11-3-5-13(6-4-11)30(27,28)25-10-15(14-7-12(20)8-23-18(14)25)17-22-9-16(21)19(24-17)29(2)26;17-8-3-9-10(5-21-13(9)20-4-8)14-22-6-11(18)15(24-14)23-12(16(25)26)7-27-2-1-19;17-8-3-9-10(5-21-13(9)20-4-8)14-22-6-11(18)15(24-14)23-12-7-26-2-1-19-16(12)25/h2-5,8-11,19H,6-7,12H2,1H3,(H,26,32)(H,27,29,30);3-10H,1-2H3;3-6,12H,1-2,7,19H2,(H,20,21)(H,25,26)(H,22,23,24);3-6,12H,1-2,7H2,(H,19,25)(H,20,21)(H,22,23,24). The number of aliphatic carboxylic acids is 1. The normalized spacial score (nSPS) is 14.9. The second kappa shape index (κ2) is 36.9. The number of H-pyrrole nitrogens is 2. The van der Waals surface area contributed by atoms with Crippen LogP contribution in [-0.4, -0.2) is 205 Å². The van der Waals surface area contributed by atoms with Crippen molar-refractivity contribution < 1.29 is 72.3 Å². The van der Waals surface area contributed by atoms with E-state index in [0.717, 1.165) is 43.9 Å². The number of anilines is 3. The lowest BCUT2D eigenvalue weighted by Crippen LogP contribution is -2.40. The van der Waals surface area contributed by atoms with Gasteiger partial charge in [0.15, 0.2) is 80.3 Å². The van der Waals surface area contributed by atoms with Crippen LogP contribution in [0.2, 0.25) is 20.1 Å². The van der Waals surface area contributed by atoms with Crippen LogP contribution in [0.5, 0.6) is 0 Å². The highest BCUT2D eigenvalue weighted by Gasteiger charge is 2.31. The Morgan fingerprint density at radius 3 is 1.38 bits per heavy atom. The van der Waals surface area contributed by atoms with Crippen molar-refractivity contribution in [2.24, 2.45) is 5.73 Å². The predicted molar refractivity (Wildman–Crippen MR) is 433 cm³/mol. The fraction of sp³-hybridized carbons (Fsp3) is 0.203. The van der Waals surface area contributed by atoms with Crippen molar-refractivity contribution in [3.05, 3.63) is 202 Å². The van der Waals surface area contributed by atoms with Gasteiger partial charge in [-0.15, -0.1) is 0 Å². The lowest BCUT2D eigenvalue weighted by atomic mass is 10.2. The van der Waals surface area contributed by atoms with Crippen LogP contribution in [0.25, 0.3) is 89.7 Å². The van der Waals surface area contributed by atoms with Crippen LogP contribution in [0, 0.1) is 37.1 Å². The van der Waals surface area contributed by atoms with Crippen molar-refractivity contribution in [1.82, 2.24) is 88.4 Å². The number of rotatable bonds is 20. The van der Waals surface area contributed by atoms with E-state index in [1.165, 1.54) is 79.8 Å². The van der Waals surface area contributed by atoms with Crippen LogP contribution in [-0.2, 0) is 59.4 Å². The van der Waals surface area contributed by atoms with E-state index < -0.39 is 78.2 Å². The summed E-state index contributed by atoms with van der Waals surface area (Å²) >= 11 is 24.2. The van der Waals surface area contributed by atoms with E-state index in [-0.39, 0.29) is 133 Å². The summed E-state index contributed by atoms with van der Waals surface area (Å²) in [6, 6.07) is 16.4. The smallest absolute Gasteiger partial charge is 0.328 e. The van der Waals surface area contributed by atoms with Crippen LogP contribution >= 0.6 is 46.4 Å². The number of ether oxygens (including phenoxy) is 3. The van der Waals surface area contributed by atoms with Crippen LogP contribution in [0.3, 0.4) is 0 Å². The molecular weight excluding hydrogens is 1700 g/mol. The number of nitrogens with two attached hydrogens (primary N) is 1. The molecule has 0 bridgehead atoms. The van der Waals surface area contributed by atoms with Crippen LogP contribution in [0.4, 0.5) is 35.0 Å². The molecule has 4 unspecified atom stereocenters. The first-order valence-corrected chi connectivity index (χ1v) is 41.2. The van der Waals surface area contributed by atoms with Gasteiger partial charge in [-0.2, -0.15) is 0 Å². The number of fused-ring (bicyclic) bond motifs is 4. The number of carbonyl (C=O) groups excluding carboxylic acids is 2. The number of pyridine rings is 4. The average molecular weight is 1770 g/mol. The number of hydrogen-bond donors (Lipinski definition) is 9. The number of hydrogen-bond acceptors (Lipinski definition) is 27. The molecule has 616 valence electrons. The van der Waals surface area contributed by atoms with Crippen molar-refractivity contribution in [1.29, 1.82) is 0 Å². The number of aryl methyl sites for hydroxylation is 2. The average Bonchev–Trinajstić information content (AvgIpc) is 1.60. The molecule has 0 spiro atoms. The zero-order valence-electron chi connectivity index (χ0n) is 62.0. The second-order valence-electron chi connectivity index (χ2n) is 25.9. The minimum atomic E-state index is -4.04. The SMILES string of the molecule is Cc1ccc(S(=O)(=O)n2cc(-c3ncc(F)c(NC4COCCNC4=O)n3)c3cc(Cl)cnc32)cc1.Cc1ccc(S(=O)(=O)n2cc(-c3ncc(F)c(S(C)=O)n3)c3cc(Cl)cnc32)cc1.NCCOCC(Nc1nc(-c2c[nH]c3ncc(Cl)cc23)ncc1F)C(=O)O.O=C1NCCOCC1Nc1nc(-c2c[nH]c3ncc(Cl)cc23)ncc1F. The number of carboxylic acid groups (broad SMARTS) is 1. The zero-order chi connectivity index (χ0) is 84.6. The Morgan fingerprint density at radius 1 is 0.571 bits per heavy atom. The number of carbonyl (C=O) groups is 3. The molecule has 2 aliphatic rings. The topological polar surface area (TPSA) is 467 Å². The van der Waals surface area contributed by atoms with Crippen LogP contribution in [0.1, 0.15) is 11.1 Å². The molecule has 0 aliphatic carbocycles. The van der Waals surface area contributed by atoms with Gasteiger partial charge >= 0.3 is 5.97 Å². The van der Waals surface area contributed by atoms with Crippen molar-refractivity contribution in [3.8, 4) is 45.6 Å². The molecule has 2 aliphatic heterocycles. The van der Waals surface area contributed by atoms with E-state index in [9.17, 15) is 58.1 Å². The van der Waals surface area contributed by atoms with Crippen molar-refractivity contribution in [2.75, 3.05) is 81.5 Å². The first kappa shape index (κ1) is 85.0. The van der Waals surface area contributed by atoms with Crippen molar-refractivity contribution in [2.45, 2.75) is 46.8 Å². The summed E-state index contributed by atoms with van der Waals surface area (Å²) in [5.74, 6) is -4.99. The molecule has 34 nitrogen and oxygen atoms in total. The van der Waals surface area contributed by atoms with Gasteiger partial charge < -0.3 is 61.6 Å². The Hall–Kier alpha value is -11.9. The number of carboxylic acids is 1. The van der Waals surface area contributed by atoms with E-state index in [1.807, 2.05) is 13.8 Å². The Kier molecular flexibility index (Phi) is 26.4. The molecular formula is C74H64Cl4F4N22O12S3. The van der Waals surface area contributed by atoms with E-state index >= 15 is 0 Å². The fourth-order valence-corrected chi connectivity index (χ4v) is 15.6. The molecule has 45 heteroatoms. The number of amides is 2. The maximum absolute atomic E-state index is 14.6. The summed E-state index contributed by atoms with van der Waals surface area (Å²) in [5.41, 5.74) is 10.2. The highest BCUT2D eigenvalue weighted by molar-refractivity contribution is 7.90. The Bertz CT molecular complexity index is 6460. The summed E-state index contributed by atoms with van der Waals surface area (Å²) in [7, 11) is -9.73. The third-order valence-corrected chi connectivity index (χ3v) is 22.5. The van der Waals surface area contributed by atoms with Gasteiger partial charge in [0.2, 0.25) is 11.8 Å². The molecule has 14 heterocycles. The first-order chi connectivity index (χ1) is 57.0. The third kappa shape index (κ3) is 19.5. The molecule has 2 saturated heterocycles. The summed E-state index contributed by atoms with van der Waals surface area (Å²) in [5, 5.41) is 25.9. The Morgan fingerprint density at radius 2 is 0.958 bits per heavy atom. The largest absolute Gasteiger partial charge is 0.480 e. The van der Waals surface area contributed by atoms with Gasteiger partial charge in [0.1, 0.15) is 29.4 Å². The second-order valence-corrected chi connectivity index (χ2v) is 32.5. The van der Waals surface area contributed by atoms with E-state index in [1.54, 1.807) is 48.8 Å². The van der Waals surface area contributed by atoms with Gasteiger partial charge in [-0.3, -0.25) is 13.8 Å². The molecule has 14 aromatic rings. The van der Waals surface area contributed by atoms with Crippen LogP contribution < -0.4 is 32.3 Å². The van der Waals surface area contributed by atoms with E-state index in [2.05, 4.69) is 96.4 Å². The van der Waals surface area contributed by atoms with Gasteiger partial charge in [0.25, 0.3) is 20.0 Å². The quantitative estimate of drug-likeness (QED) is 0.0195. The van der Waals surface area contributed by atoms with Gasteiger partial charge in [0.05, 0.1) is 105 Å². The summed E-state index contributed by atoms with van der Waals surface area (Å²) in [4.78, 5) is 91.1. The van der Waals surface area contributed by atoms with Crippen molar-refractivity contribution in [3.63, 3.8) is 0 Å². The molecule has 16 rings (SSSR count). The Balaban J connectivity index is 0.000000138.